The van der Waals surface area contributed by atoms with Gasteiger partial charge in [-0.3, -0.25) is 14.8 Å². The zero-order valence-electron chi connectivity index (χ0n) is 11.5. The second kappa shape index (κ2) is 7.28. The summed E-state index contributed by atoms with van der Waals surface area (Å²) in [6.07, 6.45) is -6.44. The van der Waals surface area contributed by atoms with E-state index in [2.05, 4.69) is 0 Å². The van der Waals surface area contributed by atoms with Crippen LogP contribution in [-0.2, 0) is 0 Å². The van der Waals surface area contributed by atoms with E-state index in [0.29, 0.717) is 0 Å². The maximum atomic E-state index is 12.9. The zero-order chi connectivity index (χ0) is 18.6. The third-order valence-electron chi connectivity index (χ3n) is 2.50. The van der Waals surface area contributed by atoms with E-state index in [1.165, 1.54) is 29.0 Å². The van der Waals surface area contributed by atoms with Gasteiger partial charge in [0.2, 0.25) is 0 Å². The van der Waals surface area contributed by atoms with Crippen LogP contribution in [0.2, 0.25) is 0 Å². The van der Waals surface area contributed by atoms with E-state index >= 15 is 0 Å². The minimum Gasteiger partial charge on any atom is -0.281 e. The van der Waals surface area contributed by atoms with E-state index in [1.54, 1.807) is 11.4 Å². The molecule has 1 rings (SSSR count). The van der Waals surface area contributed by atoms with Gasteiger partial charge in [0.05, 0.1) is 5.75 Å². The number of hydrogen-bond donors (Lipinski definition) is 2. The van der Waals surface area contributed by atoms with Gasteiger partial charge in [-0.25, -0.2) is 4.79 Å². The monoisotopic (exact) mass is 378 g/mol. The van der Waals surface area contributed by atoms with Crippen LogP contribution in [0.25, 0.3) is 0 Å². The van der Waals surface area contributed by atoms with Crippen LogP contribution >= 0.6 is 11.9 Å². The van der Waals surface area contributed by atoms with Crippen molar-refractivity contribution in [2.24, 2.45) is 0 Å². The number of nitrogens with one attached hydrogen (secondary N) is 2. The lowest BCUT2D eigenvalue weighted by Gasteiger charge is -2.27. The van der Waals surface area contributed by atoms with Crippen molar-refractivity contribution in [2.75, 3.05) is 5.75 Å². The van der Waals surface area contributed by atoms with E-state index in [-0.39, 0.29) is 5.56 Å². The Balaban J connectivity index is 2.52. The summed E-state index contributed by atoms with van der Waals surface area (Å²) in [5, 5.41) is 1.69. The molecule has 134 valence electrons. The molecule has 1 aromatic carbocycles. The fourth-order valence-corrected chi connectivity index (χ4v) is 1.90. The highest BCUT2D eigenvalue weighted by Gasteiger charge is 2.72. The van der Waals surface area contributed by atoms with Crippen molar-refractivity contribution in [3.05, 3.63) is 35.9 Å². The highest BCUT2D eigenvalue weighted by molar-refractivity contribution is 7.98. The smallest absolute Gasteiger partial charge is 0.281 e. The Morgan fingerprint density at radius 3 is 2.00 bits per heavy atom. The van der Waals surface area contributed by atoms with Crippen molar-refractivity contribution < 1.29 is 40.3 Å². The SMILES string of the molecule is O=C(NSCC(F)(F)C(F)(F)C(F)(F)F)NC(=O)c1ccccc1. The number of hydrogen-bond acceptors (Lipinski definition) is 3. The van der Waals surface area contributed by atoms with Crippen LogP contribution in [0.3, 0.4) is 0 Å². The molecule has 0 bridgehead atoms. The Bertz CT molecular complexity index is 593. The lowest BCUT2D eigenvalue weighted by atomic mass is 10.2. The predicted octanol–water partition coefficient (Wildman–Crippen LogP) is 3.61. The maximum absolute atomic E-state index is 12.9. The zero-order valence-corrected chi connectivity index (χ0v) is 12.3. The number of imide groups is 1. The van der Waals surface area contributed by atoms with E-state index in [0.717, 1.165) is 0 Å². The Hall–Kier alpha value is -1.98. The largest absolute Gasteiger partial charge is 0.459 e. The third-order valence-corrected chi connectivity index (χ3v) is 3.33. The molecule has 0 fully saturated rings. The first-order valence-electron chi connectivity index (χ1n) is 5.99. The molecule has 0 aliphatic rings. The first kappa shape index (κ1) is 20.1. The summed E-state index contributed by atoms with van der Waals surface area (Å²) in [7, 11) is 0. The number of benzene rings is 1. The van der Waals surface area contributed by atoms with E-state index < -0.39 is 47.7 Å². The lowest BCUT2D eigenvalue weighted by molar-refractivity contribution is -0.348. The van der Waals surface area contributed by atoms with Gasteiger partial charge in [0.25, 0.3) is 5.91 Å². The van der Waals surface area contributed by atoms with E-state index in [1.807, 2.05) is 0 Å². The van der Waals surface area contributed by atoms with Gasteiger partial charge in [-0.2, -0.15) is 30.7 Å². The molecule has 0 aromatic heterocycles. The number of urea groups is 1. The van der Waals surface area contributed by atoms with Gasteiger partial charge in [0.1, 0.15) is 0 Å². The second-order valence-corrected chi connectivity index (χ2v) is 5.10. The molecular formula is C12H9F7N2O2S. The molecule has 2 N–H and O–H groups in total. The standard InChI is InChI=1S/C12H9F7N2O2S/c13-10(14,11(15,16)12(17,18)19)6-24-21-9(23)20-8(22)7-4-2-1-3-5-7/h1-5H,6H2,(H2,20,21,22,23). The highest BCUT2D eigenvalue weighted by Crippen LogP contribution is 2.47. The molecular weight excluding hydrogens is 369 g/mol. The molecule has 0 unspecified atom stereocenters. The minimum atomic E-state index is -6.44. The summed E-state index contributed by atoms with van der Waals surface area (Å²) in [5.74, 6) is -14.7. The third kappa shape index (κ3) is 4.76. The first-order valence-corrected chi connectivity index (χ1v) is 6.97. The number of rotatable bonds is 5. The molecule has 24 heavy (non-hydrogen) atoms. The predicted molar refractivity (Wildman–Crippen MR) is 70.8 cm³/mol. The molecule has 12 heteroatoms. The summed E-state index contributed by atoms with van der Waals surface area (Å²) < 4.78 is 88.3. The Labute approximate surface area is 134 Å². The summed E-state index contributed by atoms with van der Waals surface area (Å²) in [6.45, 7) is 0. The van der Waals surface area contributed by atoms with Crippen molar-refractivity contribution >= 4 is 23.9 Å². The van der Waals surface area contributed by atoms with Crippen molar-refractivity contribution in [1.82, 2.24) is 10.0 Å². The van der Waals surface area contributed by atoms with Gasteiger partial charge in [-0.1, -0.05) is 18.2 Å². The fraction of sp³-hybridized carbons (Fsp3) is 0.333. The van der Waals surface area contributed by atoms with E-state index in [9.17, 15) is 40.3 Å². The van der Waals surface area contributed by atoms with Crippen LogP contribution in [0.4, 0.5) is 35.5 Å². The molecule has 4 nitrogen and oxygen atoms in total. The molecule has 0 aliphatic carbocycles. The molecule has 0 heterocycles. The van der Waals surface area contributed by atoms with Crippen molar-refractivity contribution in [3.8, 4) is 0 Å². The second-order valence-electron chi connectivity index (χ2n) is 4.32. The van der Waals surface area contributed by atoms with Crippen LogP contribution in [-0.4, -0.2) is 35.7 Å². The van der Waals surface area contributed by atoms with Gasteiger partial charge >= 0.3 is 24.1 Å². The van der Waals surface area contributed by atoms with Gasteiger partial charge in [0.15, 0.2) is 0 Å². The van der Waals surface area contributed by atoms with Crippen LogP contribution in [0.1, 0.15) is 10.4 Å². The normalized spacial score (nSPS) is 12.6. The number of alkyl halides is 7. The Kier molecular flexibility index (Phi) is 6.09. The highest BCUT2D eigenvalue weighted by atomic mass is 32.2. The average Bonchev–Trinajstić information content (AvgIpc) is 2.46. The molecule has 0 spiro atoms. The molecule has 1 aromatic rings. The van der Waals surface area contributed by atoms with Crippen molar-refractivity contribution in [3.63, 3.8) is 0 Å². The fourth-order valence-electron chi connectivity index (χ4n) is 1.28. The van der Waals surface area contributed by atoms with E-state index in [4.69, 9.17) is 0 Å². The van der Waals surface area contributed by atoms with Gasteiger partial charge < -0.3 is 0 Å². The molecule has 3 amide bonds. The molecule has 0 radical (unpaired) electrons. The first-order chi connectivity index (χ1) is 10.9. The summed E-state index contributed by atoms with van der Waals surface area (Å²) in [4.78, 5) is 22.7. The number of carbonyl (C=O) groups excluding carboxylic acids is 2. The molecule has 0 aliphatic heterocycles. The van der Waals surface area contributed by atoms with Crippen LogP contribution in [0.5, 0.6) is 0 Å². The Morgan fingerprint density at radius 1 is 0.958 bits per heavy atom. The van der Waals surface area contributed by atoms with Crippen LogP contribution in [0, 0.1) is 0 Å². The molecule has 0 saturated heterocycles. The topological polar surface area (TPSA) is 58.2 Å². The van der Waals surface area contributed by atoms with Crippen molar-refractivity contribution in [1.29, 1.82) is 0 Å². The number of amides is 3. The molecule has 0 atom stereocenters. The van der Waals surface area contributed by atoms with Gasteiger partial charge in [0, 0.05) is 5.56 Å². The summed E-state index contributed by atoms with van der Waals surface area (Å²) >= 11 is -0.396. The van der Waals surface area contributed by atoms with Crippen LogP contribution in [0.15, 0.2) is 30.3 Å². The Morgan fingerprint density at radius 2 is 1.50 bits per heavy atom. The summed E-state index contributed by atoms with van der Waals surface area (Å²) in [6, 6.07) is 5.83. The molecule has 0 saturated carbocycles. The summed E-state index contributed by atoms with van der Waals surface area (Å²) in [5.41, 5.74) is 0.0478. The number of halogens is 7. The average molecular weight is 378 g/mol. The van der Waals surface area contributed by atoms with Crippen LogP contribution < -0.4 is 10.0 Å². The minimum absolute atomic E-state index is 0.0478. The van der Waals surface area contributed by atoms with Gasteiger partial charge in [-0.05, 0) is 24.1 Å². The quantitative estimate of drug-likeness (QED) is 0.608. The van der Waals surface area contributed by atoms with Crippen molar-refractivity contribution in [2.45, 2.75) is 18.0 Å². The number of carbonyl (C=O) groups is 2. The lowest BCUT2D eigenvalue weighted by Crippen LogP contribution is -2.53. The maximum Gasteiger partial charge on any atom is 0.459 e. The van der Waals surface area contributed by atoms with Gasteiger partial charge in [-0.15, -0.1) is 0 Å².